The molecule has 4 aromatic rings. The summed E-state index contributed by atoms with van der Waals surface area (Å²) in [6.45, 7) is 5.75. The Labute approximate surface area is 225 Å². The van der Waals surface area contributed by atoms with Gasteiger partial charge in [0.15, 0.2) is 0 Å². The molecule has 0 aromatic heterocycles. The molecule has 0 spiro atoms. The average Bonchev–Trinajstić information content (AvgIpc) is 3.19. The molecule has 6 rings (SSSR count). The molecular formula is C30H31Cl2N3O. The van der Waals surface area contributed by atoms with E-state index >= 15 is 0 Å². The molecule has 2 heterocycles. The summed E-state index contributed by atoms with van der Waals surface area (Å²) >= 11 is 0. The summed E-state index contributed by atoms with van der Waals surface area (Å²) in [5.74, 6) is 0.191. The first-order chi connectivity index (χ1) is 16.7. The van der Waals surface area contributed by atoms with E-state index in [2.05, 4.69) is 88.7 Å². The number of para-hydroxylation sites is 1. The van der Waals surface area contributed by atoms with E-state index in [0.717, 1.165) is 44.0 Å². The van der Waals surface area contributed by atoms with Gasteiger partial charge in [0.2, 0.25) is 5.91 Å². The lowest BCUT2D eigenvalue weighted by atomic mass is 10.1. The molecule has 4 aromatic carbocycles. The summed E-state index contributed by atoms with van der Waals surface area (Å²) in [6.07, 6.45) is 0.511. The Bertz CT molecular complexity index is 1350. The number of piperazine rings is 1. The van der Waals surface area contributed by atoms with Crippen molar-refractivity contribution in [2.45, 2.75) is 19.5 Å². The molecule has 0 bridgehead atoms. The maximum atomic E-state index is 12.6. The van der Waals surface area contributed by atoms with Crippen LogP contribution in [0, 0.1) is 0 Å². The Balaban J connectivity index is 0.00000152. The second kappa shape index (κ2) is 11.3. The van der Waals surface area contributed by atoms with Crippen molar-refractivity contribution in [3.8, 4) is 0 Å². The smallest absolute Gasteiger partial charge is 0.231 e. The lowest BCUT2D eigenvalue weighted by molar-refractivity contribution is -0.117. The van der Waals surface area contributed by atoms with E-state index < -0.39 is 0 Å². The zero-order valence-electron chi connectivity index (χ0n) is 20.2. The number of carbonyl (C=O) groups excluding carboxylic acids is 1. The van der Waals surface area contributed by atoms with Crippen molar-refractivity contribution < 1.29 is 4.79 Å². The predicted molar refractivity (Wildman–Crippen MR) is 154 cm³/mol. The molecule has 186 valence electrons. The second-order valence-electron chi connectivity index (χ2n) is 9.37. The van der Waals surface area contributed by atoms with E-state index in [1.54, 1.807) is 0 Å². The lowest BCUT2D eigenvalue weighted by Crippen LogP contribution is -2.46. The zero-order chi connectivity index (χ0) is 22.9. The normalized spacial score (nSPS) is 15.4. The summed E-state index contributed by atoms with van der Waals surface area (Å²) in [4.78, 5) is 19.6. The number of fused-ring (bicyclic) bond motifs is 2. The number of benzene rings is 4. The number of rotatable bonds is 5. The first kappa shape index (κ1) is 26.0. The third-order valence-electron chi connectivity index (χ3n) is 7.14. The molecule has 0 radical (unpaired) electrons. The minimum atomic E-state index is 0. The van der Waals surface area contributed by atoms with Crippen LogP contribution in [-0.4, -0.2) is 37.0 Å². The van der Waals surface area contributed by atoms with Gasteiger partial charge in [-0.1, -0.05) is 78.9 Å². The maximum Gasteiger partial charge on any atom is 0.231 e. The summed E-state index contributed by atoms with van der Waals surface area (Å²) in [5.41, 5.74) is 6.04. The van der Waals surface area contributed by atoms with E-state index in [4.69, 9.17) is 0 Å². The van der Waals surface area contributed by atoms with Gasteiger partial charge < -0.3 is 9.80 Å². The molecule has 0 unspecified atom stereocenters. The van der Waals surface area contributed by atoms with Gasteiger partial charge in [0, 0.05) is 49.5 Å². The molecule has 1 saturated heterocycles. The second-order valence-corrected chi connectivity index (χ2v) is 9.37. The molecule has 6 heteroatoms. The monoisotopic (exact) mass is 519 g/mol. The highest BCUT2D eigenvalue weighted by atomic mass is 35.5. The van der Waals surface area contributed by atoms with Crippen LogP contribution in [0.25, 0.3) is 10.8 Å². The predicted octanol–water partition coefficient (Wildman–Crippen LogP) is 6.09. The van der Waals surface area contributed by atoms with Crippen molar-refractivity contribution >= 4 is 52.9 Å². The molecule has 2 aliphatic rings. The highest BCUT2D eigenvalue weighted by molar-refractivity contribution is 6.01. The van der Waals surface area contributed by atoms with Crippen LogP contribution in [0.3, 0.4) is 0 Å². The Kier molecular flexibility index (Phi) is 8.20. The fourth-order valence-corrected chi connectivity index (χ4v) is 5.39. The van der Waals surface area contributed by atoms with Gasteiger partial charge >= 0.3 is 0 Å². The van der Waals surface area contributed by atoms with Crippen molar-refractivity contribution in [2.24, 2.45) is 0 Å². The summed E-state index contributed by atoms with van der Waals surface area (Å²) in [6, 6.07) is 32.1. The van der Waals surface area contributed by atoms with E-state index in [9.17, 15) is 4.79 Å². The molecule has 0 aliphatic carbocycles. The summed E-state index contributed by atoms with van der Waals surface area (Å²) in [5, 5.41) is 2.64. The number of hydrogen-bond donors (Lipinski definition) is 0. The minimum Gasteiger partial charge on any atom is -0.368 e. The number of anilines is 2. The molecular weight excluding hydrogens is 489 g/mol. The molecule has 4 nitrogen and oxygen atoms in total. The van der Waals surface area contributed by atoms with Crippen molar-refractivity contribution in [3.63, 3.8) is 0 Å². The maximum absolute atomic E-state index is 12.6. The number of halogens is 2. The van der Waals surface area contributed by atoms with Gasteiger partial charge in [0.1, 0.15) is 0 Å². The fraction of sp³-hybridized carbons (Fsp3) is 0.233. The van der Waals surface area contributed by atoms with Crippen LogP contribution in [0.15, 0.2) is 91.0 Å². The molecule has 1 amide bonds. The van der Waals surface area contributed by atoms with E-state index in [1.165, 1.54) is 27.6 Å². The van der Waals surface area contributed by atoms with Crippen LogP contribution in [0.2, 0.25) is 0 Å². The van der Waals surface area contributed by atoms with E-state index in [0.29, 0.717) is 13.0 Å². The third-order valence-corrected chi connectivity index (χ3v) is 7.14. The fourth-order valence-electron chi connectivity index (χ4n) is 5.39. The highest BCUT2D eigenvalue weighted by Crippen LogP contribution is 2.30. The summed E-state index contributed by atoms with van der Waals surface area (Å²) < 4.78 is 0. The number of nitrogens with zero attached hydrogens (tertiary/aromatic N) is 3. The standard InChI is InChI=1S/C30H29N3O.2ClH/c34-30-20-26-10-2-4-13-28(26)33(30)22-24-8-5-7-23(19-24)21-31-15-17-32(18-16-31)29-14-6-11-25-9-1-3-12-27(25)29;;/h1-14,19H,15-18,20-22H2;2*1H. The van der Waals surface area contributed by atoms with Crippen LogP contribution in [0.4, 0.5) is 11.4 Å². The SMILES string of the molecule is Cl.Cl.O=C1Cc2ccccc2N1Cc1cccc(CN2CCN(c3cccc4ccccc34)CC2)c1. The van der Waals surface area contributed by atoms with Gasteiger partial charge in [-0.25, -0.2) is 0 Å². The van der Waals surface area contributed by atoms with E-state index in [-0.39, 0.29) is 30.7 Å². The Hall–Kier alpha value is -3.05. The van der Waals surface area contributed by atoms with Crippen molar-refractivity contribution in [3.05, 3.63) is 108 Å². The van der Waals surface area contributed by atoms with Crippen LogP contribution in [-0.2, 0) is 24.3 Å². The third kappa shape index (κ3) is 5.22. The highest BCUT2D eigenvalue weighted by Gasteiger charge is 2.26. The van der Waals surface area contributed by atoms with Crippen LogP contribution in [0.5, 0.6) is 0 Å². The van der Waals surface area contributed by atoms with Gasteiger partial charge in [-0.3, -0.25) is 9.69 Å². The van der Waals surface area contributed by atoms with Crippen molar-refractivity contribution in [1.29, 1.82) is 0 Å². The van der Waals surface area contributed by atoms with Gasteiger partial charge in [-0.2, -0.15) is 0 Å². The van der Waals surface area contributed by atoms with Gasteiger partial charge in [0.25, 0.3) is 0 Å². The Morgan fingerprint density at radius 3 is 2.11 bits per heavy atom. The lowest BCUT2D eigenvalue weighted by Gasteiger charge is -2.36. The Morgan fingerprint density at radius 2 is 1.28 bits per heavy atom. The Morgan fingerprint density at radius 1 is 0.639 bits per heavy atom. The summed E-state index contributed by atoms with van der Waals surface area (Å²) in [7, 11) is 0. The first-order valence-corrected chi connectivity index (χ1v) is 12.2. The number of amides is 1. The zero-order valence-corrected chi connectivity index (χ0v) is 21.8. The quantitative estimate of drug-likeness (QED) is 0.319. The molecule has 2 aliphatic heterocycles. The van der Waals surface area contributed by atoms with Crippen LogP contribution in [0.1, 0.15) is 16.7 Å². The average molecular weight is 521 g/mol. The molecule has 0 atom stereocenters. The molecule has 0 saturated carbocycles. The van der Waals surface area contributed by atoms with Gasteiger partial charge in [0.05, 0.1) is 13.0 Å². The molecule has 36 heavy (non-hydrogen) atoms. The molecule has 0 N–H and O–H groups in total. The topological polar surface area (TPSA) is 26.8 Å². The van der Waals surface area contributed by atoms with E-state index in [1.807, 2.05) is 17.0 Å². The first-order valence-electron chi connectivity index (χ1n) is 12.2. The van der Waals surface area contributed by atoms with Gasteiger partial charge in [-0.05, 0) is 34.2 Å². The van der Waals surface area contributed by atoms with Crippen LogP contribution < -0.4 is 9.80 Å². The molecule has 1 fully saturated rings. The van der Waals surface area contributed by atoms with Crippen molar-refractivity contribution in [2.75, 3.05) is 36.0 Å². The van der Waals surface area contributed by atoms with Gasteiger partial charge in [-0.15, -0.1) is 24.8 Å². The van der Waals surface area contributed by atoms with Crippen LogP contribution >= 0.6 is 24.8 Å². The van der Waals surface area contributed by atoms with Crippen molar-refractivity contribution in [1.82, 2.24) is 4.90 Å². The minimum absolute atomic E-state index is 0. The largest absolute Gasteiger partial charge is 0.368 e. The number of carbonyl (C=O) groups is 1. The number of hydrogen-bond acceptors (Lipinski definition) is 3.